The number of hydrogen-bond donors (Lipinski definition) is 3. The first-order chi connectivity index (χ1) is 14.0. The number of anilines is 3. The topological polar surface area (TPSA) is 106 Å². The van der Waals surface area contributed by atoms with Gasteiger partial charge in [0.05, 0.1) is 5.69 Å². The molecule has 0 saturated carbocycles. The van der Waals surface area contributed by atoms with Crippen molar-refractivity contribution in [3.63, 3.8) is 0 Å². The monoisotopic (exact) mass is 385 g/mol. The molecule has 0 fully saturated rings. The van der Waals surface area contributed by atoms with E-state index < -0.39 is 0 Å². The van der Waals surface area contributed by atoms with E-state index in [0.29, 0.717) is 17.3 Å². The lowest BCUT2D eigenvalue weighted by molar-refractivity contribution is 0.475. The molecule has 0 aliphatic carbocycles. The third-order valence-electron chi connectivity index (χ3n) is 4.12. The van der Waals surface area contributed by atoms with Crippen LogP contribution in [0.2, 0.25) is 0 Å². The first-order valence-electron chi connectivity index (χ1n) is 8.97. The van der Waals surface area contributed by atoms with E-state index in [9.17, 15) is 5.11 Å². The largest absolute Gasteiger partial charge is 0.508 e. The second kappa shape index (κ2) is 7.85. The number of nitrogens with two attached hydrogens (primary N) is 1. The Labute approximate surface area is 167 Å². The van der Waals surface area contributed by atoms with Crippen molar-refractivity contribution < 1.29 is 9.84 Å². The van der Waals surface area contributed by atoms with Crippen LogP contribution in [0.1, 0.15) is 5.69 Å². The van der Waals surface area contributed by atoms with E-state index in [1.165, 1.54) is 0 Å². The number of phenolic OH excluding ortho intramolecular Hbond substituents is 1. The highest BCUT2D eigenvalue weighted by Crippen LogP contribution is 2.27. The first-order valence-corrected chi connectivity index (χ1v) is 8.97. The van der Waals surface area contributed by atoms with E-state index in [1.54, 1.807) is 30.5 Å². The summed E-state index contributed by atoms with van der Waals surface area (Å²) in [6.45, 7) is 1.92. The molecule has 2 aromatic heterocycles. The molecular weight excluding hydrogens is 366 g/mol. The number of aromatic nitrogens is 3. The quantitative estimate of drug-likeness (QED) is 0.458. The number of pyridine rings is 1. The van der Waals surface area contributed by atoms with Crippen molar-refractivity contribution >= 4 is 17.5 Å². The molecule has 4 rings (SSSR count). The summed E-state index contributed by atoms with van der Waals surface area (Å²) < 4.78 is 5.83. The molecule has 4 aromatic rings. The number of aryl methyl sites for hydroxylation is 1. The van der Waals surface area contributed by atoms with Crippen LogP contribution < -0.4 is 15.8 Å². The normalized spacial score (nSPS) is 10.5. The Hall–Kier alpha value is -4.13. The molecule has 4 N–H and O–H groups in total. The van der Waals surface area contributed by atoms with Crippen molar-refractivity contribution in [2.24, 2.45) is 0 Å². The van der Waals surface area contributed by atoms with Gasteiger partial charge in [-0.3, -0.25) is 4.98 Å². The molecule has 2 aromatic carbocycles. The van der Waals surface area contributed by atoms with Crippen LogP contribution in [0.5, 0.6) is 17.2 Å². The van der Waals surface area contributed by atoms with Crippen LogP contribution >= 0.6 is 0 Å². The van der Waals surface area contributed by atoms with Crippen LogP contribution in [-0.4, -0.2) is 20.1 Å². The zero-order valence-electron chi connectivity index (χ0n) is 15.7. The average molecular weight is 385 g/mol. The number of nitrogens with zero attached hydrogens (tertiary/aromatic N) is 3. The van der Waals surface area contributed by atoms with E-state index in [0.717, 1.165) is 22.7 Å². The lowest BCUT2D eigenvalue weighted by Crippen LogP contribution is -2.01. The van der Waals surface area contributed by atoms with Crippen LogP contribution in [-0.2, 0) is 0 Å². The Morgan fingerprint density at radius 3 is 2.52 bits per heavy atom. The lowest BCUT2D eigenvalue weighted by atomic mass is 10.1. The number of hydrogen-bond acceptors (Lipinski definition) is 7. The van der Waals surface area contributed by atoms with E-state index in [-0.39, 0.29) is 11.7 Å². The van der Waals surface area contributed by atoms with Gasteiger partial charge in [0, 0.05) is 35.3 Å². The second-order valence-corrected chi connectivity index (χ2v) is 6.43. The minimum atomic E-state index is 0.140. The summed E-state index contributed by atoms with van der Waals surface area (Å²) in [6, 6.07) is 19.8. The molecule has 0 radical (unpaired) electrons. The summed E-state index contributed by atoms with van der Waals surface area (Å²) in [4.78, 5) is 12.6. The summed E-state index contributed by atoms with van der Waals surface area (Å²) in [6.07, 6.45) is 1.71. The zero-order chi connectivity index (χ0) is 20.2. The maximum absolute atomic E-state index is 9.69. The third-order valence-corrected chi connectivity index (χ3v) is 4.12. The highest BCUT2D eigenvalue weighted by atomic mass is 16.5. The van der Waals surface area contributed by atoms with E-state index in [1.807, 2.05) is 49.4 Å². The molecule has 0 saturated heterocycles. The molecule has 144 valence electrons. The Bertz CT molecular complexity index is 1150. The van der Waals surface area contributed by atoms with Gasteiger partial charge < -0.3 is 20.9 Å². The molecule has 2 heterocycles. The highest BCUT2D eigenvalue weighted by Gasteiger charge is 2.07. The van der Waals surface area contributed by atoms with Gasteiger partial charge >= 0.3 is 0 Å². The molecule has 0 aliphatic rings. The van der Waals surface area contributed by atoms with E-state index in [4.69, 9.17) is 10.5 Å². The first kappa shape index (κ1) is 18.2. The number of rotatable bonds is 5. The van der Waals surface area contributed by atoms with Crippen molar-refractivity contribution in [3.05, 3.63) is 78.6 Å². The molecule has 0 atom stereocenters. The fourth-order valence-electron chi connectivity index (χ4n) is 2.82. The summed E-state index contributed by atoms with van der Waals surface area (Å²) in [5, 5.41) is 12.9. The van der Waals surface area contributed by atoms with E-state index in [2.05, 4.69) is 20.3 Å². The van der Waals surface area contributed by atoms with Gasteiger partial charge in [-0.05, 0) is 49.4 Å². The van der Waals surface area contributed by atoms with Crippen molar-refractivity contribution in [1.82, 2.24) is 15.0 Å². The number of nitrogens with one attached hydrogen (secondary N) is 1. The number of aromatic hydroxyl groups is 1. The molecule has 29 heavy (non-hydrogen) atoms. The van der Waals surface area contributed by atoms with Gasteiger partial charge in [-0.25, -0.2) is 4.98 Å². The van der Waals surface area contributed by atoms with Crippen molar-refractivity contribution in [3.8, 4) is 28.5 Å². The predicted molar refractivity (Wildman–Crippen MR) is 112 cm³/mol. The van der Waals surface area contributed by atoms with Crippen LogP contribution in [0.3, 0.4) is 0 Å². The van der Waals surface area contributed by atoms with Gasteiger partial charge in [0.25, 0.3) is 0 Å². The van der Waals surface area contributed by atoms with Gasteiger partial charge in [0.1, 0.15) is 23.1 Å². The number of nitrogen functional groups attached to an aromatic ring is 1. The summed E-state index contributed by atoms with van der Waals surface area (Å²) >= 11 is 0. The van der Waals surface area contributed by atoms with Crippen LogP contribution in [0.15, 0.2) is 72.9 Å². The minimum absolute atomic E-state index is 0.140. The molecule has 0 aliphatic heterocycles. The van der Waals surface area contributed by atoms with Crippen molar-refractivity contribution in [1.29, 1.82) is 0 Å². The lowest BCUT2D eigenvalue weighted by Gasteiger charge is -2.10. The summed E-state index contributed by atoms with van der Waals surface area (Å²) in [7, 11) is 0. The molecule has 0 bridgehead atoms. The fraction of sp³-hybridized carbons (Fsp3) is 0.0455. The molecule has 0 amide bonds. The Balaban J connectivity index is 1.52. The number of ether oxygens (including phenoxy) is 1. The zero-order valence-corrected chi connectivity index (χ0v) is 15.7. The summed E-state index contributed by atoms with van der Waals surface area (Å²) in [5.74, 6) is 2.30. The van der Waals surface area contributed by atoms with Gasteiger partial charge in [0.15, 0.2) is 0 Å². The SMILES string of the molecule is Cc1cc(Oc2ccc(Nc3cc(-c4cccc(O)c4)nc(N)n3)cc2)ccn1. The van der Waals surface area contributed by atoms with Crippen molar-refractivity contribution in [2.45, 2.75) is 6.92 Å². The Kier molecular flexibility index (Phi) is 4.94. The van der Waals surface area contributed by atoms with Gasteiger partial charge in [0.2, 0.25) is 5.95 Å². The Morgan fingerprint density at radius 2 is 1.76 bits per heavy atom. The minimum Gasteiger partial charge on any atom is -0.508 e. The molecule has 7 heteroatoms. The number of phenols is 1. The van der Waals surface area contributed by atoms with Gasteiger partial charge in [-0.15, -0.1) is 0 Å². The third kappa shape index (κ3) is 4.59. The molecule has 7 nitrogen and oxygen atoms in total. The smallest absolute Gasteiger partial charge is 0.222 e. The highest BCUT2D eigenvalue weighted by molar-refractivity contribution is 5.68. The van der Waals surface area contributed by atoms with Crippen LogP contribution in [0, 0.1) is 6.92 Å². The molecular formula is C22H19N5O2. The fourth-order valence-corrected chi connectivity index (χ4v) is 2.82. The van der Waals surface area contributed by atoms with Crippen LogP contribution in [0.4, 0.5) is 17.5 Å². The maximum Gasteiger partial charge on any atom is 0.222 e. The Morgan fingerprint density at radius 1 is 0.931 bits per heavy atom. The second-order valence-electron chi connectivity index (χ2n) is 6.43. The van der Waals surface area contributed by atoms with Gasteiger partial charge in [-0.2, -0.15) is 4.98 Å². The maximum atomic E-state index is 9.69. The van der Waals surface area contributed by atoms with Crippen LogP contribution in [0.25, 0.3) is 11.3 Å². The van der Waals surface area contributed by atoms with Crippen molar-refractivity contribution in [2.75, 3.05) is 11.1 Å². The number of benzene rings is 2. The molecule has 0 spiro atoms. The van der Waals surface area contributed by atoms with Gasteiger partial charge in [-0.1, -0.05) is 12.1 Å². The standard InChI is InChI=1S/C22H19N5O2/c1-14-11-19(9-10-24-14)29-18-7-5-16(6-8-18)25-21-13-20(26-22(23)27-21)15-3-2-4-17(28)12-15/h2-13,28H,1H3,(H3,23,25,26,27). The summed E-state index contributed by atoms with van der Waals surface area (Å²) in [5.41, 5.74) is 8.94. The van der Waals surface area contributed by atoms with E-state index >= 15 is 0 Å². The predicted octanol–water partition coefficient (Wildman–Crippen LogP) is 4.67. The average Bonchev–Trinajstić information content (AvgIpc) is 2.69. The molecule has 0 unspecified atom stereocenters.